The van der Waals surface area contributed by atoms with Gasteiger partial charge in [-0.3, -0.25) is 0 Å². The molecule has 29 heavy (non-hydrogen) atoms. The summed E-state index contributed by atoms with van der Waals surface area (Å²) in [6, 6.07) is 11.8. The van der Waals surface area contributed by atoms with E-state index in [1.807, 2.05) is 41.3 Å². The fourth-order valence-corrected chi connectivity index (χ4v) is 3.35. The third-order valence-corrected chi connectivity index (χ3v) is 4.93. The number of carbonyl (C=O) groups is 1. The van der Waals surface area contributed by atoms with Crippen molar-refractivity contribution in [1.29, 1.82) is 0 Å². The summed E-state index contributed by atoms with van der Waals surface area (Å²) in [5.41, 5.74) is 3.30. The van der Waals surface area contributed by atoms with Crippen molar-refractivity contribution in [3.63, 3.8) is 0 Å². The lowest BCUT2D eigenvalue weighted by Crippen LogP contribution is -2.42. The Balaban J connectivity index is 1.59. The molecule has 6 heteroatoms. The molecule has 2 aromatic carbocycles. The van der Waals surface area contributed by atoms with Crippen LogP contribution in [0.2, 0.25) is 0 Å². The summed E-state index contributed by atoms with van der Waals surface area (Å²) in [7, 11) is 3.26. The van der Waals surface area contributed by atoms with Crippen molar-refractivity contribution in [3.8, 4) is 17.2 Å². The average molecular weight is 399 g/mol. The summed E-state index contributed by atoms with van der Waals surface area (Å²) in [4.78, 5) is 14.5. The highest BCUT2D eigenvalue weighted by atomic mass is 16.5. The predicted octanol–water partition coefficient (Wildman–Crippen LogP) is 4.01. The number of hydrogen-bond donors (Lipinski definition) is 1. The van der Waals surface area contributed by atoms with Gasteiger partial charge in [0.1, 0.15) is 5.75 Å². The van der Waals surface area contributed by atoms with Crippen LogP contribution in [-0.2, 0) is 19.5 Å². The molecule has 1 heterocycles. The molecule has 1 aliphatic rings. The zero-order valence-corrected chi connectivity index (χ0v) is 17.7. The molecule has 2 aromatic rings. The van der Waals surface area contributed by atoms with E-state index in [0.29, 0.717) is 37.9 Å². The van der Waals surface area contributed by atoms with Crippen molar-refractivity contribution in [2.75, 3.05) is 27.4 Å². The zero-order valence-electron chi connectivity index (χ0n) is 17.7. The molecule has 0 saturated heterocycles. The van der Waals surface area contributed by atoms with Crippen LogP contribution in [-0.4, -0.2) is 38.3 Å². The van der Waals surface area contributed by atoms with Crippen molar-refractivity contribution in [2.24, 2.45) is 5.92 Å². The lowest BCUT2D eigenvalue weighted by Gasteiger charge is -2.29. The lowest BCUT2D eigenvalue weighted by atomic mass is 9.99. The maximum atomic E-state index is 12.7. The van der Waals surface area contributed by atoms with E-state index in [4.69, 9.17) is 14.2 Å². The quantitative estimate of drug-likeness (QED) is 0.766. The number of methoxy groups -OCH3 is 2. The second kappa shape index (κ2) is 9.54. The van der Waals surface area contributed by atoms with Crippen molar-refractivity contribution in [1.82, 2.24) is 10.2 Å². The van der Waals surface area contributed by atoms with Crippen LogP contribution < -0.4 is 19.5 Å². The highest BCUT2D eigenvalue weighted by molar-refractivity contribution is 5.74. The minimum Gasteiger partial charge on any atom is -0.493 e. The molecular formula is C23H30N2O4. The van der Waals surface area contributed by atoms with Gasteiger partial charge in [-0.15, -0.1) is 0 Å². The van der Waals surface area contributed by atoms with E-state index in [9.17, 15) is 4.79 Å². The van der Waals surface area contributed by atoms with Crippen molar-refractivity contribution in [2.45, 2.75) is 33.4 Å². The Morgan fingerprint density at radius 3 is 2.52 bits per heavy atom. The normalized spacial score (nSPS) is 13.1. The molecule has 0 saturated carbocycles. The summed E-state index contributed by atoms with van der Waals surface area (Å²) in [6.45, 7) is 6.61. The van der Waals surface area contributed by atoms with E-state index in [0.717, 1.165) is 29.0 Å². The molecule has 3 rings (SSSR count). The smallest absolute Gasteiger partial charge is 0.317 e. The van der Waals surface area contributed by atoms with Gasteiger partial charge in [-0.2, -0.15) is 0 Å². The van der Waals surface area contributed by atoms with Crippen LogP contribution in [0.15, 0.2) is 36.4 Å². The van der Waals surface area contributed by atoms with E-state index in [-0.39, 0.29) is 6.03 Å². The van der Waals surface area contributed by atoms with E-state index in [1.165, 1.54) is 5.56 Å². The number of hydrogen-bond acceptors (Lipinski definition) is 4. The maximum absolute atomic E-state index is 12.7. The molecule has 2 amide bonds. The number of amides is 2. The van der Waals surface area contributed by atoms with Crippen molar-refractivity contribution < 1.29 is 19.0 Å². The standard InChI is InChI=1S/C23H30N2O4/c1-16(2)15-29-20-7-5-6-17(10-20)13-24-23(26)25-9-8-18-11-21(27-3)22(28-4)12-19(18)14-25/h5-7,10-12,16H,8-9,13-15H2,1-4H3,(H,24,26). The van der Waals surface area contributed by atoms with E-state index in [1.54, 1.807) is 14.2 Å². The van der Waals surface area contributed by atoms with Gasteiger partial charge in [-0.05, 0) is 53.3 Å². The lowest BCUT2D eigenvalue weighted by molar-refractivity contribution is 0.191. The molecule has 0 aromatic heterocycles. The molecule has 0 spiro atoms. The topological polar surface area (TPSA) is 60.0 Å². The molecule has 0 atom stereocenters. The number of benzene rings is 2. The Bertz CT molecular complexity index is 851. The van der Waals surface area contributed by atoms with Gasteiger partial charge in [-0.1, -0.05) is 26.0 Å². The van der Waals surface area contributed by atoms with Gasteiger partial charge in [0.15, 0.2) is 11.5 Å². The van der Waals surface area contributed by atoms with Gasteiger partial charge in [0.05, 0.1) is 20.8 Å². The van der Waals surface area contributed by atoms with Gasteiger partial charge in [0, 0.05) is 19.6 Å². The zero-order chi connectivity index (χ0) is 20.8. The summed E-state index contributed by atoms with van der Waals surface area (Å²) >= 11 is 0. The molecule has 0 radical (unpaired) electrons. The fraction of sp³-hybridized carbons (Fsp3) is 0.435. The maximum Gasteiger partial charge on any atom is 0.317 e. The Morgan fingerprint density at radius 2 is 1.83 bits per heavy atom. The van der Waals surface area contributed by atoms with Crippen molar-refractivity contribution >= 4 is 6.03 Å². The third kappa shape index (κ3) is 5.34. The average Bonchev–Trinajstić information content (AvgIpc) is 2.74. The number of fused-ring (bicyclic) bond motifs is 1. The van der Waals surface area contributed by atoms with Crippen LogP contribution >= 0.6 is 0 Å². The number of rotatable bonds is 7. The van der Waals surface area contributed by atoms with Gasteiger partial charge in [0.2, 0.25) is 0 Å². The number of nitrogens with zero attached hydrogens (tertiary/aromatic N) is 1. The van der Waals surface area contributed by atoms with Gasteiger partial charge >= 0.3 is 6.03 Å². The molecule has 0 bridgehead atoms. The van der Waals surface area contributed by atoms with Gasteiger partial charge in [0.25, 0.3) is 0 Å². The van der Waals surface area contributed by atoms with E-state index in [2.05, 4.69) is 19.2 Å². The Morgan fingerprint density at radius 1 is 1.10 bits per heavy atom. The first kappa shape index (κ1) is 20.8. The fourth-order valence-electron chi connectivity index (χ4n) is 3.35. The summed E-state index contributed by atoms with van der Waals surface area (Å²) < 4.78 is 16.5. The summed E-state index contributed by atoms with van der Waals surface area (Å²) in [5.74, 6) is 2.72. The Labute approximate surface area is 172 Å². The molecule has 0 aliphatic carbocycles. The first-order valence-electron chi connectivity index (χ1n) is 9.98. The minimum absolute atomic E-state index is 0.0704. The predicted molar refractivity (Wildman–Crippen MR) is 113 cm³/mol. The molecule has 156 valence electrons. The van der Waals surface area contributed by atoms with Crippen molar-refractivity contribution in [3.05, 3.63) is 53.1 Å². The molecule has 6 nitrogen and oxygen atoms in total. The van der Waals surface area contributed by atoms with Gasteiger partial charge < -0.3 is 24.4 Å². The molecule has 1 aliphatic heterocycles. The largest absolute Gasteiger partial charge is 0.493 e. The second-order valence-corrected chi connectivity index (χ2v) is 7.66. The first-order chi connectivity index (χ1) is 14.0. The summed E-state index contributed by atoms with van der Waals surface area (Å²) in [6.07, 6.45) is 0.793. The molecule has 0 fully saturated rings. The Hall–Kier alpha value is -2.89. The van der Waals surface area contributed by atoms with Crippen LogP contribution in [0.4, 0.5) is 4.79 Å². The van der Waals surface area contributed by atoms with Crippen LogP contribution in [0, 0.1) is 5.92 Å². The monoisotopic (exact) mass is 398 g/mol. The first-order valence-corrected chi connectivity index (χ1v) is 9.98. The molecular weight excluding hydrogens is 368 g/mol. The van der Waals surface area contributed by atoms with Crippen LogP contribution in [0.1, 0.15) is 30.5 Å². The highest BCUT2D eigenvalue weighted by Crippen LogP contribution is 2.33. The second-order valence-electron chi connectivity index (χ2n) is 7.66. The highest BCUT2D eigenvalue weighted by Gasteiger charge is 2.22. The van der Waals surface area contributed by atoms with E-state index < -0.39 is 0 Å². The SMILES string of the molecule is COc1cc2c(cc1OC)CN(C(=O)NCc1cccc(OCC(C)C)c1)CC2. The van der Waals surface area contributed by atoms with E-state index >= 15 is 0 Å². The van der Waals surface area contributed by atoms with Crippen LogP contribution in [0.3, 0.4) is 0 Å². The van der Waals surface area contributed by atoms with Gasteiger partial charge in [-0.25, -0.2) is 4.79 Å². The number of urea groups is 1. The third-order valence-electron chi connectivity index (χ3n) is 4.93. The Kier molecular flexibility index (Phi) is 6.86. The van der Waals surface area contributed by atoms with Crippen LogP contribution in [0.5, 0.6) is 17.2 Å². The number of nitrogens with one attached hydrogen (secondary N) is 1. The molecule has 1 N–H and O–H groups in total. The number of carbonyl (C=O) groups excluding carboxylic acids is 1. The minimum atomic E-state index is -0.0704. The number of ether oxygens (including phenoxy) is 3. The molecule has 0 unspecified atom stereocenters. The summed E-state index contributed by atoms with van der Waals surface area (Å²) in [5, 5.41) is 3.02. The van der Waals surface area contributed by atoms with Crippen LogP contribution in [0.25, 0.3) is 0 Å².